The monoisotopic (exact) mass is 378 g/mol. The first-order valence-electron chi connectivity index (χ1n) is 8.38. The van der Waals surface area contributed by atoms with Crippen LogP contribution in [0, 0.1) is 5.82 Å². The fraction of sp³-hybridized carbons (Fsp3) is 0.0952. The van der Waals surface area contributed by atoms with E-state index in [1.807, 2.05) is 29.6 Å². The number of nitrogens with one attached hydrogen (secondary N) is 1. The minimum absolute atomic E-state index is 0.0449. The Morgan fingerprint density at radius 3 is 2.70 bits per heavy atom. The molecule has 0 radical (unpaired) electrons. The zero-order valence-corrected chi connectivity index (χ0v) is 15.3. The van der Waals surface area contributed by atoms with Crippen LogP contribution in [0.15, 0.2) is 53.9 Å². The van der Waals surface area contributed by atoms with Gasteiger partial charge in [0, 0.05) is 33.4 Å². The van der Waals surface area contributed by atoms with E-state index in [2.05, 4.69) is 9.97 Å². The smallest absolute Gasteiger partial charge is 0.168 e. The Labute approximate surface area is 158 Å². The van der Waals surface area contributed by atoms with E-state index in [1.165, 1.54) is 36.5 Å². The van der Waals surface area contributed by atoms with Crippen LogP contribution in [0.2, 0.25) is 0 Å². The Hall–Kier alpha value is -3.12. The molecule has 0 unspecified atom stereocenters. The number of imidazole rings is 1. The average Bonchev–Trinajstić information content (AvgIpc) is 3.25. The molecule has 0 spiro atoms. The highest BCUT2D eigenvalue weighted by Gasteiger charge is 2.21. The molecule has 2 aromatic carbocycles. The quantitative estimate of drug-likeness (QED) is 0.494. The maximum Gasteiger partial charge on any atom is 0.168 e. The second-order valence-electron chi connectivity index (χ2n) is 6.22. The van der Waals surface area contributed by atoms with E-state index in [-0.39, 0.29) is 18.0 Å². The molecule has 0 aliphatic heterocycles. The Bertz CT molecular complexity index is 1140. The number of ketones is 2. The van der Waals surface area contributed by atoms with Gasteiger partial charge in [-0.1, -0.05) is 24.3 Å². The highest BCUT2D eigenvalue weighted by atomic mass is 32.1. The van der Waals surface area contributed by atoms with Crippen LogP contribution in [0.1, 0.15) is 32.5 Å². The molecule has 0 bridgehead atoms. The second kappa shape index (κ2) is 6.89. The highest BCUT2D eigenvalue weighted by Crippen LogP contribution is 2.32. The van der Waals surface area contributed by atoms with Gasteiger partial charge in [-0.05, 0) is 31.2 Å². The van der Waals surface area contributed by atoms with Gasteiger partial charge in [-0.25, -0.2) is 9.37 Å². The van der Waals surface area contributed by atoms with Gasteiger partial charge in [-0.3, -0.25) is 9.59 Å². The van der Waals surface area contributed by atoms with Crippen LogP contribution in [0.4, 0.5) is 4.39 Å². The van der Waals surface area contributed by atoms with Gasteiger partial charge < -0.3 is 4.98 Å². The molecule has 1 N–H and O–H groups in total. The molecule has 0 aliphatic carbocycles. The van der Waals surface area contributed by atoms with Crippen LogP contribution in [0.25, 0.3) is 22.4 Å². The summed E-state index contributed by atoms with van der Waals surface area (Å²) < 4.78 is 13.4. The van der Waals surface area contributed by atoms with E-state index in [9.17, 15) is 14.0 Å². The van der Waals surface area contributed by atoms with Gasteiger partial charge >= 0.3 is 0 Å². The molecule has 6 heteroatoms. The van der Waals surface area contributed by atoms with Crippen molar-refractivity contribution in [2.24, 2.45) is 0 Å². The zero-order chi connectivity index (χ0) is 19.0. The Kier molecular flexibility index (Phi) is 4.41. The molecule has 0 fully saturated rings. The molecule has 0 saturated heterocycles. The number of halogens is 1. The van der Waals surface area contributed by atoms with Crippen LogP contribution >= 0.6 is 11.3 Å². The molecule has 0 amide bonds. The van der Waals surface area contributed by atoms with Gasteiger partial charge in [-0.15, -0.1) is 11.3 Å². The number of hydrogen-bond acceptors (Lipinski definition) is 4. The van der Waals surface area contributed by atoms with E-state index >= 15 is 0 Å². The number of benzene rings is 2. The first-order chi connectivity index (χ1) is 13.0. The summed E-state index contributed by atoms with van der Waals surface area (Å²) in [6.45, 7) is 1.48. The Morgan fingerprint density at radius 1 is 1.15 bits per heavy atom. The number of carbonyl (C=O) groups is 2. The predicted octanol–water partition coefficient (Wildman–Crippen LogP) is 5.06. The standard InChI is InChI=1S/C21H15FN2O2S/c1-12(25)20-15(21-23-16-7-2-3-8-17(16)24-21)11-27-19(20)10-18(26)13-5-4-6-14(22)9-13/h2-9,11H,10H2,1H3,(H,23,24). The van der Waals surface area contributed by atoms with Crippen molar-refractivity contribution in [1.82, 2.24) is 9.97 Å². The maximum atomic E-state index is 13.4. The molecule has 0 aliphatic rings. The summed E-state index contributed by atoms with van der Waals surface area (Å²) in [4.78, 5) is 33.3. The number of Topliss-reactive ketones (excluding diaryl/α,β-unsaturated/α-hetero) is 2. The van der Waals surface area contributed by atoms with E-state index in [0.717, 1.165) is 11.0 Å². The maximum absolute atomic E-state index is 13.4. The molecule has 2 heterocycles. The SMILES string of the molecule is CC(=O)c1c(-c2nc3ccccc3[nH]2)csc1CC(=O)c1cccc(F)c1. The zero-order valence-electron chi connectivity index (χ0n) is 14.5. The van der Waals surface area contributed by atoms with Crippen LogP contribution in [0.5, 0.6) is 0 Å². The minimum atomic E-state index is -0.457. The Morgan fingerprint density at radius 2 is 1.96 bits per heavy atom. The van der Waals surface area contributed by atoms with E-state index in [0.29, 0.717) is 27.4 Å². The first-order valence-corrected chi connectivity index (χ1v) is 9.26. The summed E-state index contributed by atoms with van der Waals surface area (Å²) in [6.07, 6.45) is 0.0449. The molecule has 0 saturated carbocycles. The summed E-state index contributed by atoms with van der Waals surface area (Å²) in [7, 11) is 0. The molecule has 134 valence electrons. The van der Waals surface area contributed by atoms with E-state index < -0.39 is 5.82 Å². The van der Waals surface area contributed by atoms with Crippen LogP contribution in [-0.2, 0) is 6.42 Å². The lowest BCUT2D eigenvalue weighted by atomic mass is 10.0. The Balaban J connectivity index is 1.72. The number of rotatable bonds is 5. The van der Waals surface area contributed by atoms with Crippen LogP contribution in [-0.4, -0.2) is 21.5 Å². The topological polar surface area (TPSA) is 62.8 Å². The minimum Gasteiger partial charge on any atom is -0.338 e. The number of para-hydroxylation sites is 2. The third kappa shape index (κ3) is 3.31. The van der Waals surface area contributed by atoms with Crippen molar-refractivity contribution in [2.45, 2.75) is 13.3 Å². The third-order valence-electron chi connectivity index (χ3n) is 4.33. The van der Waals surface area contributed by atoms with Gasteiger partial charge in [0.15, 0.2) is 11.6 Å². The van der Waals surface area contributed by atoms with Gasteiger partial charge in [-0.2, -0.15) is 0 Å². The van der Waals surface area contributed by atoms with Crippen molar-refractivity contribution < 1.29 is 14.0 Å². The van der Waals surface area contributed by atoms with E-state index in [1.54, 1.807) is 6.07 Å². The van der Waals surface area contributed by atoms with Crippen molar-refractivity contribution in [3.05, 3.63) is 75.7 Å². The van der Waals surface area contributed by atoms with Crippen LogP contribution in [0.3, 0.4) is 0 Å². The summed E-state index contributed by atoms with van der Waals surface area (Å²) in [5, 5.41) is 1.84. The summed E-state index contributed by atoms with van der Waals surface area (Å²) in [6, 6.07) is 13.2. The van der Waals surface area contributed by atoms with Crippen LogP contribution < -0.4 is 0 Å². The molecule has 0 atom stereocenters. The molecule has 4 aromatic rings. The number of hydrogen-bond donors (Lipinski definition) is 1. The second-order valence-corrected chi connectivity index (χ2v) is 7.18. The normalized spacial score (nSPS) is 11.0. The van der Waals surface area contributed by atoms with Gasteiger partial charge in [0.05, 0.1) is 11.0 Å². The first kappa shape index (κ1) is 17.3. The number of H-pyrrole nitrogens is 1. The molecular weight excluding hydrogens is 363 g/mol. The largest absolute Gasteiger partial charge is 0.338 e. The van der Waals surface area contributed by atoms with Gasteiger partial charge in [0.25, 0.3) is 0 Å². The molecule has 2 aromatic heterocycles. The summed E-state index contributed by atoms with van der Waals surface area (Å²) in [5.41, 5.74) is 3.16. The van der Waals surface area contributed by atoms with Gasteiger partial charge in [0.1, 0.15) is 11.6 Å². The lowest BCUT2D eigenvalue weighted by molar-refractivity contribution is 0.0993. The van der Waals surface area contributed by atoms with Crippen molar-refractivity contribution >= 4 is 33.9 Å². The predicted molar refractivity (Wildman–Crippen MR) is 104 cm³/mol. The van der Waals surface area contributed by atoms with Crippen molar-refractivity contribution in [2.75, 3.05) is 0 Å². The molecule has 4 rings (SSSR count). The lowest BCUT2D eigenvalue weighted by Crippen LogP contribution is -2.06. The number of fused-ring (bicyclic) bond motifs is 1. The molecule has 4 nitrogen and oxygen atoms in total. The number of aromatic nitrogens is 2. The number of aromatic amines is 1. The molecule has 27 heavy (non-hydrogen) atoms. The summed E-state index contributed by atoms with van der Waals surface area (Å²) in [5.74, 6) is -0.215. The highest BCUT2D eigenvalue weighted by molar-refractivity contribution is 7.11. The number of thiophene rings is 1. The van der Waals surface area contributed by atoms with Crippen molar-refractivity contribution in [3.8, 4) is 11.4 Å². The van der Waals surface area contributed by atoms with Gasteiger partial charge in [0.2, 0.25) is 0 Å². The van der Waals surface area contributed by atoms with Crippen molar-refractivity contribution in [1.29, 1.82) is 0 Å². The molecular formula is C21H15FN2O2S. The average molecular weight is 378 g/mol. The number of carbonyl (C=O) groups excluding carboxylic acids is 2. The fourth-order valence-corrected chi connectivity index (χ4v) is 4.15. The van der Waals surface area contributed by atoms with Crippen molar-refractivity contribution in [3.63, 3.8) is 0 Å². The number of nitrogens with zero attached hydrogens (tertiary/aromatic N) is 1. The summed E-state index contributed by atoms with van der Waals surface area (Å²) >= 11 is 1.34. The lowest BCUT2D eigenvalue weighted by Gasteiger charge is -2.04. The van der Waals surface area contributed by atoms with E-state index in [4.69, 9.17) is 0 Å². The third-order valence-corrected chi connectivity index (χ3v) is 5.32. The fourth-order valence-electron chi connectivity index (χ4n) is 3.08.